The first-order valence-electron chi connectivity index (χ1n) is 7.13. The van der Waals surface area contributed by atoms with Gasteiger partial charge >= 0.3 is 0 Å². The third kappa shape index (κ3) is 3.85. The minimum atomic E-state index is 0.664. The van der Waals surface area contributed by atoms with E-state index in [-0.39, 0.29) is 0 Å². The zero-order valence-electron chi connectivity index (χ0n) is 11.9. The van der Waals surface area contributed by atoms with E-state index in [0.717, 1.165) is 37.7 Å². The van der Waals surface area contributed by atoms with Crippen molar-refractivity contribution in [3.8, 4) is 0 Å². The molecule has 1 aliphatic heterocycles. The zero-order chi connectivity index (χ0) is 13.7. The number of hydrogen-bond acceptors (Lipinski definition) is 3. The number of piperazine rings is 1. The Morgan fingerprint density at radius 3 is 2.32 bits per heavy atom. The van der Waals surface area contributed by atoms with Gasteiger partial charge in [-0.1, -0.05) is 18.5 Å². The van der Waals surface area contributed by atoms with Crippen molar-refractivity contribution in [2.45, 2.75) is 19.4 Å². The molecule has 0 radical (unpaired) electrons. The molecule has 4 heteroatoms. The number of hydrogen-bond donors (Lipinski definition) is 1. The van der Waals surface area contributed by atoms with E-state index in [0.29, 0.717) is 6.04 Å². The van der Waals surface area contributed by atoms with E-state index >= 15 is 0 Å². The van der Waals surface area contributed by atoms with Crippen LogP contribution in [0.3, 0.4) is 0 Å². The fourth-order valence-corrected chi connectivity index (χ4v) is 2.89. The average molecular weight is 282 g/mol. The fourth-order valence-electron chi connectivity index (χ4n) is 2.76. The summed E-state index contributed by atoms with van der Waals surface area (Å²) in [6, 6.07) is 8.83. The number of rotatable bonds is 5. The van der Waals surface area contributed by atoms with Gasteiger partial charge < -0.3 is 10.2 Å². The summed E-state index contributed by atoms with van der Waals surface area (Å²) in [5.41, 5.74) is 1.28. The summed E-state index contributed by atoms with van der Waals surface area (Å²) in [6.45, 7) is 7.83. The minimum absolute atomic E-state index is 0.664. The van der Waals surface area contributed by atoms with Gasteiger partial charge in [-0.25, -0.2) is 0 Å². The van der Waals surface area contributed by atoms with E-state index in [9.17, 15) is 0 Å². The zero-order valence-corrected chi connectivity index (χ0v) is 12.7. The average Bonchev–Trinajstić information content (AvgIpc) is 2.46. The number of anilines is 1. The van der Waals surface area contributed by atoms with Crippen LogP contribution in [0.1, 0.15) is 13.3 Å². The third-order valence-corrected chi connectivity index (χ3v) is 4.19. The Hall–Kier alpha value is -0.770. The highest BCUT2D eigenvalue weighted by molar-refractivity contribution is 6.30. The molecule has 1 atom stereocenters. The number of nitrogens with zero attached hydrogens (tertiary/aromatic N) is 2. The molecular formula is C15H24ClN3. The second-order valence-electron chi connectivity index (χ2n) is 5.12. The van der Waals surface area contributed by atoms with Crippen molar-refractivity contribution < 1.29 is 0 Å². The highest BCUT2D eigenvalue weighted by Crippen LogP contribution is 2.20. The molecule has 1 aromatic carbocycles. The maximum absolute atomic E-state index is 5.94. The summed E-state index contributed by atoms with van der Waals surface area (Å²) in [6.07, 6.45) is 1.21. The van der Waals surface area contributed by atoms with Crippen LogP contribution in [-0.2, 0) is 0 Å². The smallest absolute Gasteiger partial charge is 0.0407 e. The number of halogens is 1. The predicted molar refractivity (Wildman–Crippen MR) is 83.2 cm³/mol. The Morgan fingerprint density at radius 1 is 1.16 bits per heavy atom. The second kappa shape index (κ2) is 7.13. The molecular weight excluding hydrogens is 258 g/mol. The van der Waals surface area contributed by atoms with Gasteiger partial charge in [0.25, 0.3) is 0 Å². The van der Waals surface area contributed by atoms with Crippen molar-refractivity contribution in [2.75, 3.05) is 44.7 Å². The van der Waals surface area contributed by atoms with Gasteiger partial charge in [0.05, 0.1) is 0 Å². The molecule has 3 nitrogen and oxygen atoms in total. The van der Waals surface area contributed by atoms with Crippen LogP contribution in [0.25, 0.3) is 0 Å². The van der Waals surface area contributed by atoms with Gasteiger partial charge in [0, 0.05) is 49.5 Å². The van der Waals surface area contributed by atoms with Gasteiger partial charge in [-0.3, -0.25) is 4.90 Å². The van der Waals surface area contributed by atoms with E-state index in [1.54, 1.807) is 0 Å². The van der Waals surface area contributed by atoms with Gasteiger partial charge in [0.2, 0.25) is 0 Å². The van der Waals surface area contributed by atoms with Crippen LogP contribution < -0.4 is 10.2 Å². The Bertz CT molecular complexity index is 371. The van der Waals surface area contributed by atoms with E-state index in [1.807, 2.05) is 19.2 Å². The number of benzene rings is 1. The van der Waals surface area contributed by atoms with Crippen molar-refractivity contribution in [1.29, 1.82) is 0 Å². The molecule has 106 valence electrons. The van der Waals surface area contributed by atoms with Gasteiger partial charge in [-0.2, -0.15) is 0 Å². The van der Waals surface area contributed by atoms with Crippen molar-refractivity contribution in [3.63, 3.8) is 0 Å². The molecule has 1 aromatic rings. The first-order chi connectivity index (χ1) is 9.24. The van der Waals surface area contributed by atoms with Crippen LogP contribution in [0.2, 0.25) is 5.02 Å². The molecule has 1 aliphatic rings. The lowest BCUT2D eigenvalue weighted by atomic mass is 10.1. The van der Waals surface area contributed by atoms with Crippen LogP contribution in [0.5, 0.6) is 0 Å². The predicted octanol–water partition coefficient (Wildman–Crippen LogP) is 2.46. The van der Waals surface area contributed by atoms with E-state index < -0.39 is 0 Å². The van der Waals surface area contributed by atoms with Gasteiger partial charge in [-0.15, -0.1) is 0 Å². The molecule has 1 saturated heterocycles. The maximum Gasteiger partial charge on any atom is 0.0407 e. The summed E-state index contributed by atoms with van der Waals surface area (Å²) in [5.74, 6) is 0. The molecule has 0 aromatic heterocycles. The van der Waals surface area contributed by atoms with Crippen molar-refractivity contribution in [1.82, 2.24) is 10.2 Å². The Labute approximate surface area is 121 Å². The number of nitrogens with one attached hydrogen (secondary N) is 1. The highest BCUT2D eigenvalue weighted by Gasteiger charge is 2.22. The Balaban J connectivity index is 1.89. The van der Waals surface area contributed by atoms with E-state index in [2.05, 4.69) is 34.2 Å². The van der Waals surface area contributed by atoms with Crippen LogP contribution in [-0.4, -0.2) is 50.7 Å². The fraction of sp³-hybridized carbons (Fsp3) is 0.600. The molecule has 0 aliphatic carbocycles. The molecule has 2 rings (SSSR count). The lowest BCUT2D eigenvalue weighted by Gasteiger charge is -2.40. The van der Waals surface area contributed by atoms with E-state index in [1.165, 1.54) is 12.1 Å². The van der Waals surface area contributed by atoms with E-state index in [4.69, 9.17) is 11.6 Å². The van der Waals surface area contributed by atoms with Gasteiger partial charge in [0.1, 0.15) is 0 Å². The maximum atomic E-state index is 5.94. The summed E-state index contributed by atoms with van der Waals surface area (Å²) in [7, 11) is 2.03. The molecule has 1 heterocycles. The third-order valence-electron chi connectivity index (χ3n) is 3.93. The molecule has 1 unspecified atom stereocenters. The summed E-state index contributed by atoms with van der Waals surface area (Å²) < 4.78 is 0. The van der Waals surface area contributed by atoms with Crippen LogP contribution >= 0.6 is 11.6 Å². The van der Waals surface area contributed by atoms with Crippen LogP contribution in [0.15, 0.2) is 24.3 Å². The largest absolute Gasteiger partial charge is 0.369 e. The first kappa shape index (κ1) is 14.6. The van der Waals surface area contributed by atoms with Crippen molar-refractivity contribution in [3.05, 3.63) is 29.3 Å². The summed E-state index contributed by atoms with van der Waals surface area (Å²) in [5, 5.41) is 4.10. The lowest BCUT2D eigenvalue weighted by molar-refractivity contribution is 0.178. The standard InChI is InChI=1S/C15H24ClN3/c1-3-14(12-17-2)18-8-10-19(11-9-18)15-6-4-13(16)5-7-15/h4-7,14,17H,3,8-12H2,1-2H3. The van der Waals surface area contributed by atoms with Crippen LogP contribution in [0, 0.1) is 0 Å². The quantitative estimate of drug-likeness (QED) is 0.894. The summed E-state index contributed by atoms with van der Waals surface area (Å²) >= 11 is 5.94. The molecule has 0 spiro atoms. The van der Waals surface area contributed by atoms with Gasteiger partial charge in [-0.05, 0) is 37.7 Å². The Kier molecular flexibility index (Phi) is 5.49. The second-order valence-corrected chi connectivity index (χ2v) is 5.56. The minimum Gasteiger partial charge on any atom is -0.369 e. The van der Waals surface area contributed by atoms with Crippen LogP contribution in [0.4, 0.5) is 5.69 Å². The Morgan fingerprint density at radius 2 is 1.79 bits per heavy atom. The molecule has 19 heavy (non-hydrogen) atoms. The van der Waals surface area contributed by atoms with Gasteiger partial charge in [0.15, 0.2) is 0 Å². The molecule has 0 bridgehead atoms. The molecule has 0 amide bonds. The summed E-state index contributed by atoms with van der Waals surface area (Å²) in [4.78, 5) is 5.04. The van der Waals surface area contributed by atoms with Crippen molar-refractivity contribution >= 4 is 17.3 Å². The topological polar surface area (TPSA) is 18.5 Å². The molecule has 1 N–H and O–H groups in total. The normalized spacial score (nSPS) is 18.6. The number of likely N-dealkylation sites (N-methyl/N-ethyl adjacent to an activating group) is 1. The lowest BCUT2D eigenvalue weighted by Crippen LogP contribution is -2.52. The SMILES string of the molecule is CCC(CNC)N1CCN(c2ccc(Cl)cc2)CC1. The molecule has 1 fully saturated rings. The monoisotopic (exact) mass is 281 g/mol. The highest BCUT2D eigenvalue weighted by atomic mass is 35.5. The van der Waals surface area contributed by atoms with Crippen molar-refractivity contribution in [2.24, 2.45) is 0 Å². The molecule has 0 saturated carbocycles. The first-order valence-corrected chi connectivity index (χ1v) is 7.51.